The van der Waals surface area contributed by atoms with Gasteiger partial charge in [0.1, 0.15) is 0 Å². The molecule has 0 aromatic heterocycles. The molecule has 4 heteroatoms. The Kier molecular flexibility index (Phi) is 5.16. The van der Waals surface area contributed by atoms with Gasteiger partial charge in [0, 0.05) is 26.2 Å². The molecule has 4 nitrogen and oxygen atoms in total. The van der Waals surface area contributed by atoms with Gasteiger partial charge in [0.15, 0.2) is 0 Å². The third-order valence-corrected chi connectivity index (χ3v) is 2.73. The summed E-state index contributed by atoms with van der Waals surface area (Å²) in [5, 5.41) is 5.84. The second kappa shape index (κ2) is 6.44. The molecule has 1 aliphatic heterocycles. The quantitative estimate of drug-likeness (QED) is 0.609. The van der Waals surface area contributed by atoms with Gasteiger partial charge in [-0.1, -0.05) is 5.92 Å². The van der Waals surface area contributed by atoms with E-state index in [1.807, 2.05) is 0 Å². The Morgan fingerprint density at radius 1 is 1.53 bits per heavy atom. The molecule has 1 amide bonds. The molecular formula is C11H19N3O. The minimum atomic E-state index is 0.0426. The molecule has 0 saturated carbocycles. The smallest absolute Gasteiger partial charge is 0.233 e. The van der Waals surface area contributed by atoms with Crippen molar-refractivity contribution < 1.29 is 4.79 Å². The first-order valence-corrected chi connectivity index (χ1v) is 5.36. The van der Waals surface area contributed by atoms with Crippen molar-refractivity contribution in [1.29, 1.82) is 0 Å². The minimum Gasteiger partial charge on any atom is -0.358 e. The van der Waals surface area contributed by atoms with E-state index in [-0.39, 0.29) is 5.91 Å². The van der Waals surface area contributed by atoms with E-state index in [2.05, 4.69) is 21.5 Å². The summed E-state index contributed by atoms with van der Waals surface area (Å²) in [5.41, 5.74) is 0. The summed E-state index contributed by atoms with van der Waals surface area (Å²) >= 11 is 0. The number of terminal acetylenes is 1. The van der Waals surface area contributed by atoms with E-state index < -0.39 is 0 Å². The van der Waals surface area contributed by atoms with Crippen LogP contribution in [0.2, 0.25) is 0 Å². The van der Waals surface area contributed by atoms with Crippen molar-refractivity contribution in [3.63, 3.8) is 0 Å². The van der Waals surface area contributed by atoms with Gasteiger partial charge in [-0.05, 0) is 12.8 Å². The van der Waals surface area contributed by atoms with E-state index >= 15 is 0 Å². The van der Waals surface area contributed by atoms with Crippen LogP contribution >= 0.6 is 0 Å². The molecule has 1 rings (SSSR count). The Hall–Kier alpha value is -1.05. The maximum atomic E-state index is 11.0. The maximum Gasteiger partial charge on any atom is 0.233 e. The fourth-order valence-electron chi connectivity index (χ4n) is 1.75. The Morgan fingerprint density at radius 2 is 2.20 bits per heavy atom. The highest BCUT2D eigenvalue weighted by Crippen LogP contribution is 2.09. The standard InChI is InChI=1S/C11H19N3O/c1-3-6-14-7-4-10(5-8-14)13-9-11(15)12-2/h1,10,13H,4-9H2,2H3,(H,12,15). The minimum absolute atomic E-state index is 0.0426. The highest BCUT2D eigenvalue weighted by atomic mass is 16.1. The lowest BCUT2D eigenvalue weighted by molar-refractivity contribution is -0.119. The van der Waals surface area contributed by atoms with Crippen molar-refractivity contribution in [2.75, 3.05) is 33.2 Å². The van der Waals surface area contributed by atoms with Crippen molar-refractivity contribution >= 4 is 5.91 Å². The van der Waals surface area contributed by atoms with E-state index in [9.17, 15) is 4.79 Å². The SMILES string of the molecule is C#CCN1CCC(NCC(=O)NC)CC1. The average Bonchev–Trinajstić information content (AvgIpc) is 2.28. The van der Waals surface area contributed by atoms with Crippen LogP contribution in [-0.2, 0) is 4.79 Å². The Balaban J connectivity index is 2.15. The fourth-order valence-corrected chi connectivity index (χ4v) is 1.75. The van der Waals surface area contributed by atoms with Crippen LogP contribution in [-0.4, -0.2) is 50.1 Å². The summed E-state index contributed by atoms with van der Waals surface area (Å²) in [5.74, 6) is 2.70. The Bertz CT molecular complexity index is 239. The number of hydrogen-bond acceptors (Lipinski definition) is 3. The Labute approximate surface area is 91.4 Å². The van der Waals surface area contributed by atoms with Gasteiger partial charge >= 0.3 is 0 Å². The van der Waals surface area contributed by atoms with Crippen LogP contribution in [0.1, 0.15) is 12.8 Å². The first kappa shape index (κ1) is 12.0. The predicted molar refractivity (Wildman–Crippen MR) is 60.4 cm³/mol. The van der Waals surface area contributed by atoms with Crippen LogP contribution < -0.4 is 10.6 Å². The number of nitrogens with zero attached hydrogens (tertiary/aromatic N) is 1. The van der Waals surface area contributed by atoms with Gasteiger partial charge in [0.25, 0.3) is 0 Å². The van der Waals surface area contributed by atoms with E-state index in [4.69, 9.17) is 6.42 Å². The van der Waals surface area contributed by atoms with Crippen LogP contribution in [0.4, 0.5) is 0 Å². The number of piperidine rings is 1. The summed E-state index contributed by atoms with van der Waals surface area (Å²) in [6.45, 7) is 3.20. The van der Waals surface area contributed by atoms with E-state index in [0.717, 1.165) is 32.5 Å². The first-order valence-electron chi connectivity index (χ1n) is 5.36. The highest BCUT2D eigenvalue weighted by Gasteiger charge is 2.18. The number of hydrogen-bond donors (Lipinski definition) is 2. The average molecular weight is 209 g/mol. The molecule has 0 aliphatic carbocycles. The molecule has 0 aromatic rings. The number of likely N-dealkylation sites (tertiary alicyclic amines) is 1. The monoisotopic (exact) mass is 209 g/mol. The number of carbonyl (C=O) groups excluding carboxylic acids is 1. The van der Waals surface area contributed by atoms with Crippen LogP contribution in [0.25, 0.3) is 0 Å². The zero-order chi connectivity index (χ0) is 11.1. The van der Waals surface area contributed by atoms with Gasteiger partial charge in [-0.15, -0.1) is 6.42 Å². The molecule has 84 valence electrons. The summed E-state index contributed by atoms with van der Waals surface area (Å²) in [6, 6.07) is 0.455. The lowest BCUT2D eigenvalue weighted by Gasteiger charge is -2.30. The van der Waals surface area contributed by atoms with Crippen molar-refractivity contribution in [2.45, 2.75) is 18.9 Å². The molecule has 1 aliphatic rings. The maximum absolute atomic E-state index is 11.0. The van der Waals surface area contributed by atoms with Gasteiger partial charge < -0.3 is 10.6 Å². The van der Waals surface area contributed by atoms with Gasteiger partial charge in [0.05, 0.1) is 13.1 Å². The predicted octanol–water partition coefficient (Wildman–Crippen LogP) is -0.580. The molecule has 2 N–H and O–H groups in total. The van der Waals surface area contributed by atoms with Crippen molar-refractivity contribution in [3.05, 3.63) is 0 Å². The Morgan fingerprint density at radius 3 is 2.73 bits per heavy atom. The summed E-state index contributed by atoms with van der Waals surface area (Å²) in [4.78, 5) is 13.3. The second-order valence-electron chi connectivity index (χ2n) is 3.81. The van der Waals surface area contributed by atoms with Gasteiger partial charge in [-0.25, -0.2) is 0 Å². The number of likely N-dealkylation sites (N-methyl/N-ethyl adjacent to an activating group) is 1. The van der Waals surface area contributed by atoms with Gasteiger partial charge in [0.2, 0.25) is 5.91 Å². The fraction of sp³-hybridized carbons (Fsp3) is 0.727. The summed E-state index contributed by atoms with van der Waals surface area (Å²) < 4.78 is 0. The number of nitrogens with one attached hydrogen (secondary N) is 2. The van der Waals surface area contributed by atoms with E-state index in [1.54, 1.807) is 7.05 Å². The second-order valence-corrected chi connectivity index (χ2v) is 3.81. The summed E-state index contributed by atoms with van der Waals surface area (Å²) in [7, 11) is 1.65. The van der Waals surface area contributed by atoms with Gasteiger partial charge in [-0.2, -0.15) is 0 Å². The molecule has 0 aromatic carbocycles. The van der Waals surface area contributed by atoms with Crippen LogP contribution in [0.5, 0.6) is 0 Å². The lowest BCUT2D eigenvalue weighted by Crippen LogP contribution is -2.45. The molecule has 0 spiro atoms. The number of amides is 1. The molecule has 1 saturated heterocycles. The van der Waals surface area contributed by atoms with Gasteiger partial charge in [-0.3, -0.25) is 9.69 Å². The molecular weight excluding hydrogens is 190 g/mol. The zero-order valence-corrected chi connectivity index (χ0v) is 9.25. The zero-order valence-electron chi connectivity index (χ0n) is 9.25. The summed E-state index contributed by atoms with van der Waals surface area (Å²) in [6.07, 6.45) is 7.39. The molecule has 15 heavy (non-hydrogen) atoms. The largest absolute Gasteiger partial charge is 0.358 e. The van der Waals surface area contributed by atoms with E-state index in [0.29, 0.717) is 12.6 Å². The molecule has 0 unspecified atom stereocenters. The lowest BCUT2D eigenvalue weighted by atomic mass is 10.1. The van der Waals surface area contributed by atoms with Crippen LogP contribution in [0.3, 0.4) is 0 Å². The number of rotatable bonds is 4. The normalized spacial score (nSPS) is 18.4. The molecule has 0 radical (unpaired) electrons. The van der Waals surface area contributed by atoms with E-state index in [1.165, 1.54) is 0 Å². The van der Waals surface area contributed by atoms with Crippen molar-refractivity contribution in [2.24, 2.45) is 0 Å². The molecule has 1 fully saturated rings. The topological polar surface area (TPSA) is 44.4 Å². The number of carbonyl (C=O) groups is 1. The third-order valence-electron chi connectivity index (χ3n) is 2.73. The molecule has 0 bridgehead atoms. The van der Waals surface area contributed by atoms with Crippen LogP contribution in [0.15, 0.2) is 0 Å². The van der Waals surface area contributed by atoms with Crippen LogP contribution in [0, 0.1) is 12.3 Å². The molecule has 0 atom stereocenters. The van der Waals surface area contributed by atoms with Crippen molar-refractivity contribution in [1.82, 2.24) is 15.5 Å². The highest BCUT2D eigenvalue weighted by molar-refractivity contribution is 5.77. The molecule has 1 heterocycles. The first-order chi connectivity index (χ1) is 7.26. The van der Waals surface area contributed by atoms with Crippen molar-refractivity contribution in [3.8, 4) is 12.3 Å². The third kappa shape index (κ3) is 4.32.